The summed E-state index contributed by atoms with van der Waals surface area (Å²) in [6.45, 7) is 4.65. The Kier molecular flexibility index (Phi) is 4.22. The Hall–Kier alpha value is -0.400. The van der Waals surface area contributed by atoms with Crippen LogP contribution in [0.4, 0.5) is 5.69 Å². The molecule has 94 valence electrons. The van der Waals surface area contributed by atoms with E-state index in [0.717, 1.165) is 11.6 Å². The third kappa shape index (κ3) is 3.29. The van der Waals surface area contributed by atoms with Crippen LogP contribution in [-0.2, 0) is 0 Å². The minimum Gasteiger partial charge on any atom is -0.381 e. The van der Waals surface area contributed by atoms with E-state index in [1.165, 1.54) is 19.3 Å². The first-order valence-corrected chi connectivity index (χ1v) is 7.03. The average molecular weight is 272 g/mol. The van der Waals surface area contributed by atoms with Crippen LogP contribution in [0.15, 0.2) is 18.2 Å². The predicted molar refractivity (Wildman–Crippen MR) is 76.1 cm³/mol. The molecule has 1 aliphatic rings. The van der Waals surface area contributed by atoms with Crippen LogP contribution in [0, 0.1) is 11.8 Å². The van der Waals surface area contributed by atoms with Gasteiger partial charge in [-0.2, -0.15) is 0 Å². The molecule has 3 unspecified atom stereocenters. The zero-order valence-electron chi connectivity index (χ0n) is 10.3. The van der Waals surface area contributed by atoms with Crippen molar-refractivity contribution in [3.63, 3.8) is 0 Å². The monoisotopic (exact) mass is 271 g/mol. The van der Waals surface area contributed by atoms with E-state index in [1.54, 1.807) is 6.07 Å². The summed E-state index contributed by atoms with van der Waals surface area (Å²) in [4.78, 5) is 0. The SMILES string of the molecule is CC1CCC(Nc2ccc(Cl)cc2Cl)C(C)C1. The number of benzene rings is 1. The first-order valence-electron chi connectivity index (χ1n) is 6.28. The van der Waals surface area contributed by atoms with Gasteiger partial charge < -0.3 is 5.32 Å². The molecule has 0 aliphatic heterocycles. The summed E-state index contributed by atoms with van der Waals surface area (Å²) in [5.41, 5.74) is 1.00. The summed E-state index contributed by atoms with van der Waals surface area (Å²) >= 11 is 12.1. The van der Waals surface area contributed by atoms with Gasteiger partial charge in [0.25, 0.3) is 0 Å². The highest BCUT2D eigenvalue weighted by molar-refractivity contribution is 6.36. The summed E-state index contributed by atoms with van der Waals surface area (Å²) in [5, 5.41) is 4.95. The van der Waals surface area contributed by atoms with Crippen molar-refractivity contribution in [1.29, 1.82) is 0 Å². The second-order valence-corrected chi connectivity index (χ2v) is 6.11. The van der Waals surface area contributed by atoms with Crippen molar-refractivity contribution in [2.24, 2.45) is 11.8 Å². The topological polar surface area (TPSA) is 12.0 Å². The lowest BCUT2D eigenvalue weighted by molar-refractivity contribution is 0.276. The highest BCUT2D eigenvalue weighted by atomic mass is 35.5. The van der Waals surface area contributed by atoms with Gasteiger partial charge in [0.15, 0.2) is 0 Å². The first kappa shape index (κ1) is 13.0. The lowest BCUT2D eigenvalue weighted by Gasteiger charge is -2.34. The maximum atomic E-state index is 6.18. The fourth-order valence-electron chi connectivity index (χ4n) is 2.69. The molecular formula is C14H19Cl2N. The van der Waals surface area contributed by atoms with Crippen LogP contribution >= 0.6 is 23.2 Å². The molecule has 2 rings (SSSR count). The van der Waals surface area contributed by atoms with Crippen LogP contribution in [0.25, 0.3) is 0 Å². The third-order valence-corrected chi connectivity index (χ3v) is 4.25. The summed E-state index contributed by atoms with van der Waals surface area (Å²) in [5.74, 6) is 1.55. The van der Waals surface area contributed by atoms with Gasteiger partial charge in [0, 0.05) is 11.1 Å². The van der Waals surface area contributed by atoms with E-state index < -0.39 is 0 Å². The summed E-state index contributed by atoms with van der Waals surface area (Å²) in [7, 11) is 0. The molecule has 0 radical (unpaired) electrons. The Balaban J connectivity index is 2.05. The maximum absolute atomic E-state index is 6.18. The van der Waals surface area contributed by atoms with Crippen LogP contribution in [0.2, 0.25) is 10.0 Å². The van der Waals surface area contributed by atoms with Crippen molar-refractivity contribution < 1.29 is 0 Å². The molecule has 1 aromatic rings. The molecule has 1 aromatic carbocycles. The number of hydrogen-bond donors (Lipinski definition) is 1. The highest BCUT2D eigenvalue weighted by Crippen LogP contribution is 2.33. The van der Waals surface area contributed by atoms with Gasteiger partial charge in [-0.1, -0.05) is 37.0 Å². The van der Waals surface area contributed by atoms with Gasteiger partial charge in [0.05, 0.1) is 10.7 Å². The lowest BCUT2D eigenvalue weighted by Crippen LogP contribution is -2.33. The molecule has 1 aliphatic carbocycles. The Morgan fingerprint density at radius 2 is 1.94 bits per heavy atom. The van der Waals surface area contributed by atoms with E-state index in [4.69, 9.17) is 23.2 Å². The molecule has 1 fully saturated rings. The van der Waals surface area contributed by atoms with Crippen LogP contribution in [-0.4, -0.2) is 6.04 Å². The molecule has 0 saturated heterocycles. The van der Waals surface area contributed by atoms with Crippen molar-refractivity contribution in [1.82, 2.24) is 0 Å². The zero-order chi connectivity index (χ0) is 12.4. The number of nitrogens with one attached hydrogen (secondary N) is 1. The van der Waals surface area contributed by atoms with Crippen LogP contribution in [0.5, 0.6) is 0 Å². The molecule has 1 N–H and O–H groups in total. The molecule has 3 heteroatoms. The summed E-state index contributed by atoms with van der Waals surface area (Å²) in [6, 6.07) is 6.17. The molecule has 0 amide bonds. The summed E-state index contributed by atoms with van der Waals surface area (Å²) in [6.07, 6.45) is 3.82. The average Bonchev–Trinajstić information content (AvgIpc) is 2.25. The fraction of sp³-hybridized carbons (Fsp3) is 0.571. The second kappa shape index (κ2) is 5.49. The molecule has 0 bridgehead atoms. The van der Waals surface area contributed by atoms with Crippen LogP contribution in [0.3, 0.4) is 0 Å². The standard InChI is InChI=1S/C14H19Cl2N/c1-9-3-5-13(10(2)7-9)17-14-6-4-11(15)8-12(14)16/h4,6,8-10,13,17H,3,5,7H2,1-2H3. The maximum Gasteiger partial charge on any atom is 0.0652 e. The van der Waals surface area contributed by atoms with Gasteiger partial charge in [-0.3, -0.25) is 0 Å². The number of halogens is 2. The van der Waals surface area contributed by atoms with Gasteiger partial charge in [-0.05, 0) is 49.3 Å². The normalized spacial score (nSPS) is 29.1. The molecule has 3 atom stereocenters. The van der Waals surface area contributed by atoms with Gasteiger partial charge in [-0.25, -0.2) is 0 Å². The predicted octanol–water partition coefficient (Wildman–Crippen LogP) is 5.23. The van der Waals surface area contributed by atoms with E-state index in [2.05, 4.69) is 19.2 Å². The first-order chi connectivity index (χ1) is 8.06. The molecule has 1 saturated carbocycles. The Morgan fingerprint density at radius 1 is 1.18 bits per heavy atom. The quantitative estimate of drug-likeness (QED) is 0.777. The lowest BCUT2D eigenvalue weighted by atomic mass is 9.80. The largest absolute Gasteiger partial charge is 0.381 e. The number of rotatable bonds is 2. The molecule has 1 nitrogen and oxygen atoms in total. The Morgan fingerprint density at radius 3 is 2.59 bits per heavy atom. The van der Waals surface area contributed by atoms with E-state index >= 15 is 0 Å². The van der Waals surface area contributed by atoms with Crippen LogP contribution in [0.1, 0.15) is 33.1 Å². The number of anilines is 1. The van der Waals surface area contributed by atoms with Gasteiger partial charge in [-0.15, -0.1) is 0 Å². The third-order valence-electron chi connectivity index (χ3n) is 3.70. The molecule has 17 heavy (non-hydrogen) atoms. The van der Waals surface area contributed by atoms with E-state index in [-0.39, 0.29) is 0 Å². The minimum atomic E-state index is 0.532. The number of hydrogen-bond acceptors (Lipinski definition) is 1. The highest BCUT2D eigenvalue weighted by Gasteiger charge is 2.25. The minimum absolute atomic E-state index is 0.532. The molecular weight excluding hydrogens is 253 g/mol. The van der Waals surface area contributed by atoms with E-state index in [0.29, 0.717) is 22.0 Å². The van der Waals surface area contributed by atoms with Gasteiger partial charge in [0.1, 0.15) is 0 Å². The van der Waals surface area contributed by atoms with Crippen molar-refractivity contribution >= 4 is 28.9 Å². The van der Waals surface area contributed by atoms with Crippen molar-refractivity contribution in [2.75, 3.05) is 5.32 Å². The van der Waals surface area contributed by atoms with E-state index in [1.807, 2.05) is 12.1 Å². The second-order valence-electron chi connectivity index (χ2n) is 5.27. The smallest absolute Gasteiger partial charge is 0.0652 e. The summed E-state index contributed by atoms with van der Waals surface area (Å²) < 4.78 is 0. The van der Waals surface area contributed by atoms with Crippen molar-refractivity contribution in [2.45, 2.75) is 39.2 Å². The van der Waals surface area contributed by atoms with Gasteiger partial charge in [0.2, 0.25) is 0 Å². The van der Waals surface area contributed by atoms with Crippen molar-refractivity contribution in [3.05, 3.63) is 28.2 Å². The van der Waals surface area contributed by atoms with E-state index in [9.17, 15) is 0 Å². The fourth-order valence-corrected chi connectivity index (χ4v) is 3.15. The van der Waals surface area contributed by atoms with Crippen LogP contribution < -0.4 is 5.32 Å². The molecule has 0 heterocycles. The Bertz CT molecular complexity index is 392. The van der Waals surface area contributed by atoms with Gasteiger partial charge >= 0.3 is 0 Å². The molecule has 0 spiro atoms. The molecule has 0 aromatic heterocycles. The zero-order valence-corrected chi connectivity index (χ0v) is 11.9. The Labute approximate surface area is 114 Å². The van der Waals surface area contributed by atoms with Crippen molar-refractivity contribution in [3.8, 4) is 0 Å².